The van der Waals surface area contributed by atoms with E-state index in [2.05, 4.69) is 0 Å². The molecule has 204 valence electrons. The van der Waals surface area contributed by atoms with E-state index in [0.717, 1.165) is 29.0 Å². The second-order valence-electron chi connectivity index (χ2n) is 11.1. The van der Waals surface area contributed by atoms with Gasteiger partial charge in [-0.15, -0.1) is 0 Å². The maximum atomic E-state index is 13.9. The van der Waals surface area contributed by atoms with Crippen LogP contribution in [0.15, 0.2) is 58.7 Å². The van der Waals surface area contributed by atoms with Crippen molar-refractivity contribution in [2.24, 2.45) is 16.8 Å². The van der Waals surface area contributed by atoms with Crippen molar-refractivity contribution in [3.63, 3.8) is 0 Å². The Morgan fingerprint density at radius 1 is 1.05 bits per heavy atom. The molecule has 2 aromatic carbocycles. The molecule has 39 heavy (non-hydrogen) atoms. The highest BCUT2D eigenvalue weighted by atomic mass is 16.7. The number of aliphatic imine (C=N–C) groups is 1. The van der Waals surface area contributed by atoms with Crippen LogP contribution in [-0.4, -0.2) is 36.0 Å². The van der Waals surface area contributed by atoms with Crippen molar-refractivity contribution in [1.29, 1.82) is 0 Å². The third-order valence-electron chi connectivity index (χ3n) is 8.69. The highest BCUT2D eigenvalue weighted by molar-refractivity contribution is 6.09. The molecule has 1 fully saturated rings. The zero-order valence-corrected chi connectivity index (χ0v) is 22.4. The fourth-order valence-corrected chi connectivity index (χ4v) is 6.82. The molecule has 3 atom stereocenters. The van der Waals surface area contributed by atoms with Gasteiger partial charge in [0.2, 0.25) is 6.79 Å². The zero-order valence-electron chi connectivity index (χ0n) is 22.4. The molecule has 6 rings (SSSR count). The molecule has 7 nitrogen and oxygen atoms in total. The molecule has 2 aliphatic carbocycles. The van der Waals surface area contributed by atoms with Crippen LogP contribution in [0.4, 0.5) is 0 Å². The first-order valence-electron chi connectivity index (χ1n) is 14.2. The van der Waals surface area contributed by atoms with Crippen LogP contribution in [0, 0.1) is 11.8 Å². The summed E-state index contributed by atoms with van der Waals surface area (Å²) in [7, 11) is 0. The molecule has 1 saturated carbocycles. The van der Waals surface area contributed by atoms with Gasteiger partial charge in [-0.05, 0) is 73.4 Å². The number of phenolic OH excluding ortho intramolecular Hbond substituents is 1. The molecule has 0 amide bonds. The summed E-state index contributed by atoms with van der Waals surface area (Å²) in [6.07, 6.45) is 7.52. The van der Waals surface area contributed by atoms with Crippen molar-refractivity contribution >= 4 is 17.5 Å². The van der Waals surface area contributed by atoms with Crippen molar-refractivity contribution < 1.29 is 28.9 Å². The SMILES string of the molecule is CCOC(=O)C1C(CCC2CCCC2)=NC2=C(C(=O)CC(c3ccc4c(c3)OCO4)C2)C1c1cccc(O)c1. The molecule has 7 heteroatoms. The van der Waals surface area contributed by atoms with Crippen LogP contribution >= 0.6 is 0 Å². The van der Waals surface area contributed by atoms with Crippen molar-refractivity contribution in [3.05, 3.63) is 64.9 Å². The van der Waals surface area contributed by atoms with Crippen LogP contribution in [-0.2, 0) is 14.3 Å². The van der Waals surface area contributed by atoms with Gasteiger partial charge in [0.25, 0.3) is 0 Å². The first-order valence-corrected chi connectivity index (χ1v) is 14.2. The minimum atomic E-state index is -0.682. The number of fused-ring (bicyclic) bond motifs is 1. The summed E-state index contributed by atoms with van der Waals surface area (Å²) in [5, 5.41) is 10.3. The average Bonchev–Trinajstić information content (AvgIpc) is 3.63. The summed E-state index contributed by atoms with van der Waals surface area (Å²) in [6.45, 7) is 2.25. The quantitative estimate of drug-likeness (QED) is 0.429. The van der Waals surface area contributed by atoms with Gasteiger partial charge in [0, 0.05) is 29.3 Å². The van der Waals surface area contributed by atoms with Crippen molar-refractivity contribution in [1.82, 2.24) is 0 Å². The van der Waals surface area contributed by atoms with Gasteiger partial charge in [-0.25, -0.2) is 0 Å². The molecular weight excluding hydrogens is 494 g/mol. The number of benzene rings is 2. The predicted molar refractivity (Wildman–Crippen MR) is 146 cm³/mol. The number of hydrogen-bond acceptors (Lipinski definition) is 7. The summed E-state index contributed by atoms with van der Waals surface area (Å²) < 4.78 is 16.6. The lowest BCUT2D eigenvalue weighted by Crippen LogP contribution is -2.39. The number of phenols is 1. The Morgan fingerprint density at radius 2 is 1.87 bits per heavy atom. The first-order chi connectivity index (χ1) is 19.0. The number of carbonyl (C=O) groups is 2. The number of rotatable bonds is 7. The van der Waals surface area contributed by atoms with Crippen LogP contribution in [0.5, 0.6) is 17.2 Å². The minimum absolute atomic E-state index is 0.0137. The first kappa shape index (κ1) is 25.7. The van der Waals surface area contributed by atoms with Gasteiger partial charge in [-0.3, -0.25) is 14.6 Å². The lowest BCUT2D eigenvalue weighted by atomic mass is 9.68. The third-order valence-corrected chi connectivity index (χ3v) is 8.69. The summed E-state index contributed by atoms with van der Waals surface area (Å²) in [4.78, 5) is 32.5. The third kappa shape index (κ3) is 5.07. The smallest absolute Gasteiger partial charge is 0.315 e. The number of aromatic hydroxyl groups is 1. The van der Waals surface area contributed by atoms with Gasteiger partial charge in [-0.2, -0.15) is 0 Å². The summed E-state index contributed by atoms with van der Waals surface area (Å²) in [5.41, 5.74) is 3.89. The van der Waals surface area contributed by atoms with Gasteiger partial charge >= 0.3 is 5.97 Å². The van der Waals surface area contributed by atoms with Crippen molar-refractivity contribution in [2.75, 3.05) is 13.4 Å². The maximum absolute atomic E-state index is 13.9. The van der Waals surface area contributed by atoms with Crippen molar-refractivity contribution in [3.8, 4) is 17.2 Å². The van der Waals surface area contributed by atoms with Gasteiger partial charge < -0.3 is 19.3 Å². The summed E-state index contributed by atoms with van der Waals surface area (Å²) >= 11 is 0. The average molecular weight is 530 g/mol. The van der Waals surface area contributed by atoms with E-state index in [9.17, 15) is 14.7 Å². The van der Waals surface area contributed by atoms with E-state index in [-0.39, 0.29) is 36.8 Å². The standard InChI is InChI=1S/C32H35NO6/c1-2-37-32(36)31-24(12-10-19-6-3-4-7-19)33-25-15-22(20-11-13-27-28(17-20)39-18-38-27)16-26(35)30(25)29(31)21-8-5-9-23(34)14-21/h5,8-9,11,13-14,17,19,22,29,31,34H,2-4,6-7,10,12,15-16,18H2,1H3. The Balaban J connectivity index is 1.41. The van der Waals surface area contributed by atoms with E-state index in [1.54, 1.807) is 25.1 Å². The monoisotopic (exact) mass is 529 g/mol. The Morgan fingerprint density at radius 3 is 2.67 bits per heavy atom. The van der Waals surface area contributed by atoms with Crippen molar-refractivity contribution in [2.45, 2.75) is 70.1 Å². The van der Waals surface area contributed by atoms with Gasteiger partial charge in [0.15, 0.2) is 17.3 Å². The van der Waals surface area contributed by atoms with E-state index >= 15 is 0 Å². The number of Topliss-reactive ketones (excluding diaryl/α,β-unsaturated/α-hetero) is 1. The van der Waals surface area contributed by atoms with E-state index in [1.165, 1.54) is 25.7 Å². The highest BCUT2D eigenvalue weighted by Crippen LogP contribution is 2.49. The maximum Gasteiger partial charge on any atom is 0.315 e. The lowest BCUT2D eigenvalue weighted by Gasteiger charge is -2.37. The Labute approximate surface area is 228 Å². The number of ether oxygens (including phenoxy) is 3. The van der Waals surface area contributed by atoms with Gasteiger partial charge in [0.05, 0.1) is 6.61 Å². The molecule has 0 saturated heterocycles. The number of esters is 1. The van der Waals surface area contributed by atoms with Gasteiger partial charge in [0.1, 0.15) is 11.7 Å². The molecule has 4 aliphatic rings. The number of ketones is 1. The van der Waals surface area contributed by atoms with E-state index in [0.29, 0.717) is 42.3 Å². The zero-order chi connectivity index (χ0) is 26.9. The molecule has 2 aromatic rings. The fraction of sp³-hybridized carbons (Fsp3) is 0.469. The van der Waals surface area contributed by atoms with E-state index in [4.69, 9.17) is 19.2 Å². The molecule has 3 unspecified atom stereocenters. The number of nitrogens with zero attached hydrogens (tertiary/aromatic N) is 1. The van der Waals surface area contributed by atoms with E-state index < -0.39 is 11.8 Å². The molecule has 2 aliphatic heterocycles. The molecule has 0 bridgehead atoms. The Bertz CT molecular complexity index is 1340. The number of hydrogen-bond donors (Lipinski definition) is 1. The normalized spacial score (nSPS) is 24.5. The molecule has 0 aromatic heterocycles. The summed E-state index contributed by atoms with van der Waals surface area (Å²) in [5.74, 6) is 0.526. The molecule has 1 N–H and O–H groups in total. The van der Waals surface area contributed by atoms with Crippen LogP contribution in [0.3, 0.4) is 0 Å². The van der Waals surface area contributed by atoms with Gasteiger partial charge in [-0.1, -0.05) is 43.9 Å². The van der Waals surface area contributed by atoms with Crippen LogP contribution < -0.4 is 9.47 Å². The number of carbonyl (C=O) groups excluding carboxylic acids is 2. The largest absolute Gasteiger partial charge is 0.508 e. The van der Waals surface area contributed by atoms with Crippen LogP contribution in [0.1, 0.15) is 81.3 Å². The molecule has 2 heterocycles. The molecule has 0 radical (unpaired) electrons. The Hall–Kier alpha value is -3.61. The summed E-state index contributed by atoms with van der Waals surface area (Å²) in [6, 6.07) is 12.8. The lowest BCUT2D eigenvalue weighted by molar-refractivity contribution is -0.146. The van der Waals surface area contributed by atoms with Crippen LogP contribution in [0.25, 0.3) is 0 Å². The predicted octanol–water partition coefficient (Wildman–Crippen LogP) is 6.21. The highest BCUT2D eigenvalue weighted by Gasteiger charge is 2.46. The topological polar surface area (TPSA) is 94.4 Å². The van der Waals surface area contributed by atoms with Crippen LogP contribution in [0.2, 0.25) is 0 Å². The fourth-order valence-electron chi connectivity index (χ4n) is 6.82. The Kier molecular flexibility index (Phi) is 7.15. The number of allylic oxidation sites excluding steroid dienone is 2. The second kappa shape index (κ2) is 10.9. The van der Waals surface area contributed by atoms with E-state index in [1.807, 2.05) is 24.3 Å². The molecular formula is C32H35NO6. The minimum Gasteiger partial charge on any atom is -0.508 e. The second-order valence-corrected chi connectivity index (χ2v) is 11.1. The molecule has 0 spiro atoms.